The fourth-order valence-corrected chi connectivity index (χ4v) is 3.21. The predicted octanol–water partition coefficient (Wildman–Crippen LogP) is 2.18. The number of H-pyrrole nitrogens is 1. The number of ether oxygens (including phenoxy) is 1. The van der Waals surface area contributed by atoms with Crippen LogP contribution in [0.1, 0.15) is 18.4 Å². The number of benzene rings is 1. The molecule has 0 unspecified atom stereocenters. The first-order chi connectivity index (χ1) is 10.2. The van der Waals surface area contributed by atoms with E-state index in [1.807, 2.05) is 0 Å². The zero-order chi connectivity index (χ0) is 14.7. The Balaban J connectivity index is 1.67. The molecule has 0 radical (unpaired) electrons. The molecule has 1 N–H and O–H groups in total. The van der Waals surface area contributed by atoms with Gasteiger partial charge in [-0.3, -0.25) is 4.57 Å². The predicted molar refractivity (Wildman–Crippen MR) is 77.8 cm³/mol. The summed E-state index contributed by atoms with van der Waals surface area (Å²) in [5, 5.41) is 7.17. The second-order valence-corrected chi connectivity index (χ2v) is 5.91. The monoisotopic (exact) mass is 309 g/mol. The molecule has 1 aliphatic rings. The normalized spacial score (nSPS) is 18.2. The summed E-state index contributed by atoms with van der Waals surface area (Å²) in [5.74, 6) is 0.384. The Morgan fingerprint density at radius 2 is 2.24 bits per heavy atom. The lowest BCUT2D eigenvalue weighted by Crippen LogP contribution is -2.24. The van der Waals surface area contributed by atoms with Crippen LogP contribution in [0.5, 0.6) is 0 Å². The molecule has 0 spiro atoms. The van der Waals surface area contributed by atoms with Crippen LogP contribution < -0.4 is 5.69 Å². The van der Waals surface area contributed by atoms with Gasteiger partial charge in [0.25, 0.3) is 0 Å². The minimum Gasteiger partial charge on any atom is -0.376 e. The van der Waals surface area contributed by atoms with Crippen LogP contribution in [0.2, 0.25) is 0 Å². The summed E-state index contributed by atoms with van der Waals surface area (Å²) in [6, 6.07) is 6.33. The lowest BCUT2D eigenvalue weighted by Gasteiger charge is -2.10. The number of aromatic nitrogens is 3. The molecule has 3 rings (SSSR count). The van der Waals surface area contributed by atoms with Gasteiger partial charge in [-0.1, -0.05) is 23.9 Å². The van der Waals surface area contributed by atoms with Gasteiger partial charge >= 0.3 is 5.69 Å². The summed E-state index contributed by atoms with van der Waals surface area (Å²) in [6.45, 7) is 1.29. The molecule has 1 aromatic heterocycles. The van der Waals surface area contributed by atoms with Gasteiger partial charge in [0.2, 0.25) is 0 Å². The van der Waals surface area contributed by atoms with Gasteiger partial charge in [-0.15, -0.1) is 5.10 Å². The molecule has 112 valence electrons. The van der Waals surface area contributed by atoms with Crippen molar-refractivity contribution in [3.8, 4) is 0 Å². The van der Waals surface area contributed by atoms with E-state index in [1.54, 1.807) is 16.7 Å². The smallest absolute Gasteiger partial charge is 0.344 e. The first-order valence-corrected chi connectivity index (χ1v) is 7.85. The summed E-state index contributed by atoms with van der Waals surface area (Å²) >= 11 is 1.45. The van der Waals surface area contributed by atoms with Crippen LogP contribution in [0.4, 0.5) is 4.39 Å². The Bertz CT molecular complexity index is 647. The highest BCUT2D eigenvalue weighted by molar-refractivity contribution is 7.98. The van der Waals surface area contributed by atoms with Crippen molar-refractivity contribution in [2.45, 2.75) is 36.4 Å². The van der Waals surface area contributed by atoms with Crippen LogP contribution in [0, 0.1) is 5.82 Å². The summed E-state index contributed by atoms with van der Waals surface area (Å²) in [4.78, 5) is 11.8. The van der Waals surface area contributed by atoms with E-state index in [0.717, 1.165) is 25.0 Å². The van der Waals surface area contributed by atoms with Crippen molar-refractivity contribution in [1.29, 1.82) is 0 Å². The zero-order valence-electron chi connectivity index (χ0n) is 11.4. The van der Waals surface area contributed by atoms with Gasteiger partial charge in [0.05, 0.1) is 12.6 Å². The molecule has 1 fully saturated rings. The van der Waals surface area contributed by atoms with Gasteiger partial charge in [-0.25, -0.2) is 14.3 Å². The van der Waals surface area contributed by atoms with Gasteiger partial charge in [0.1, 0.15) is 5.82 Å². The maximum absolute atomic E-state index is 12.9. The number of halogens is 1. The molecule has 0 aliphatic carbocycles. The number of aromatic amines is 1. The first-order valence-electron chi connectivity index (χ1n) is 6.86. The van der Waals surface area contributed by atoms with Crippen LogP contribution in [0.15, 0.2) is 34.2 Å². The third-order valence-corrected chi connectivity index (χ3v) is 4.46. The van der Waals surface area contributed by atoms with Crippen molar-refractivity contribution in [2.75, 3.05) is 6.61 Å². The van der Waals surface area contributed by atoms with Crippen molar-refractivity contribution >= 4 is 11.8 Å². The third-order valence-electron chi connectivity index (χ3n) is 3.41. The topological polar surface area (TPSA) is 59.9 Å². The van der Waals surface area contributed by atoms with Gasteiger partial charge in [-0.2, -0.15) is 0 Å². The molecular formula is C14H16FN3O2S. The number of thioether (sulfide) groups is 1. The Hall–Kier alpha value is -1.60. The Morgan fingerprint density at radius 3 is 2.95 bits per heavy atom. The van der Waals surface area contributed by atoms with E-state index < -0.39 is 0 Å². The minimum atomic E-state index is -0.251. The molecule has 0 amide bonds. The Kier molecular flexibility index (Phi) is 4.40. The molecule has 2 aromatic rings. The van der Waals surface area contributed by atoms with Gasteiger partial charge in [0.15, 0.2) is 5.16 Å². The fraction of sp³-hybridized carbons (Fsp3) is 0.429. The lowest BCUT2D eigenvalue weighted by molar-refractivity contribution is 0.0941. The van der Waals surface area contributed by atoms with E-state index in [9.17, 15) is 9.18 Å². The van der Waals surface area contributed by atoms with E-state index in [1.165, 1.54) is 23.9 Å². The summed E-state index contributed by atoms with van der Waals surface area (Å²) < 4.78 is 20.0. The molecule has 21 heavy (non-hydrogen) atoms. The molecule has 5 nitrogen and oxygen atoms in total. The molecule has 1 saturated heterocycles. The largest absolute Gasteiger partial charge is 0.376 e. The average Bonchev–Trinajstić information content (AvgIpc) is 3.11. The van der Waals surface area contributed by atoms with Crippen molar-refractivity contribution in [1.82, 2.24) is 14.8 Å². The second kappa shape index (κ2) is 6.44. The molecule has 0 bridgehead atoms. The molecule has 1 aliphatic heterocycles. The van der Waals surface area contributed by atoms with Crippen LogP contribution in [0.3, 0.4) is 0 Å². The molecule has 0 saturated carbocycles. The molecular weight excluding hydrogens is 293 g/mol. The fourth-order valence-electron chi connectivity index (χ4n) is 2.29. The molecule has 1 atom stereocenters. The SMILES string of the molecule is O=c1[nH]nc(SCc2ccc(F)cc2)n1C[C@H]1CCCO1. The van der Waals surface area contributed by atoms with E-state index in [-0.39, 0.29) is 17.6 Å². The van der Waals surface area contributed by atoms with Crippen LogP contribution in [0.25, 0.3) is 0 Å². The number of hydrogen-bond acceptors (Lipinski definition) is 4. The number of nitrogens with one attached hydrogen (secondary N) is 1. The molecule has 2 heterocycles. The van der Waals surface area contributed by atoms with Gasteiger partial charge in [-0.05, 0) is 30.5 Å². The number of hydrogen-bond donors (Lipinski definition) is 1. The molecule has 7 heteroatoms. The maximum Gasteiger partial charge on any atom is 0.344 e. The van der Waals surface area contributed by atoms with E-state index in [4.69, 9.17) is 4.74 Å². The summed E-state index contributed by atoms with van der Waals surface area (Å²) in [7, 11) is 0. The average molecular weight is 309 g/mol. The van der Waals surface area contributed by atoms with Crippen molar-refractivity contribution in [2.24, 2.45) is 0 Å². The Morgan fingerprint density at radius 1 is 1.43 bits per heavy atom. The lowest BCUT2D eigenvalue weighted by atomic mass is 10.2. The first kappa shape index (κ1) is 14.3. The van der Waals surface area contributed by atoms with Crippen molar-refractivity contribution in [3.63, 3.8) is 0 Å². The highest BCUT2D eigenvalue weighted by atomic mass is 32.2. The third kappa shape index (κ3) is 3.54. The van der Waals surface area contributed by atoms with Crippen LogP contribution >= 0.6 is 11.8 Å². The highest BCUT2D eigenvalue weighted by Gasteiger charge is 2.19. The van der Waals surface area contributed by atoms with Crippen LogP contribution in [-0.2, 0) is 17.0 Å². The van der Waals surface area contributed by atoms with Crippen LogP contribution in [-0.4, -0.2) is 27.5 Å². The highest BCUT2D eigenvalue weighted by Crippen LogP contribution is 2.21. The van der Waals surface area contributed by atoms with E-state index in [0.29, 0.717) is 17.5 Å². The van der Waals surface area contributed by atoms with Gasteiger partial charge < -0.3 is 4.74 Å². The quantitative estimate of drug-likeness (QED) is 0.860. The standard InChI is InChI=1S/C14H16FN3O2S/c15-11-5-3-10(4-6-11)9-21-14-17-16-13(19)18(14)8-12-2-1-7-20-12/h3-6,12H,1-2,7-9H2,(H,16,19)/t12-/m1/s1. The second-order valence-electron chi connectivity index (χ2n) is 4.97. The van der Waals surface area contributed by atoms with Gasteiger partial charge in [0, 0.05) is 12.4 Å². The van der Waals surface area contributed by atoms with Crippen molar-refractivity contribution in [3.05, 3.63) is 46.1 Å². The summed E-state index contributed by atoms with van der Waals surface area (Å²) in [5.41, 5.74) is 0.771. The number of rotatable bonds is 5. The van der Waals surface area contributed by atoms with E-state index in [2.05, 4.69) is 10.2 Å². The summed E-state index contributed by atoms with van der Waals surface area (Å²) in [6.07, 6.45) is 2.10. The number of nitrogens with zero attached hydrogens (tertiary/aromatic N) is 2. The molecule has 1 aromatic carbocycles. The zero-order valence-corrected chi connectivity index (χ0v) is 12.2. The van der Waals surface area contributed by atoms with Crippen molar-refractivity contribution < 1.29 is 9.13 Å². The maximum atomic E-state index is 12.9. The van der Waals surface area contributed by atoms with E-state index >= 15 is 0 Å². The Labute approximate surface area is 125 Å². The minimum absolute atomic E-state index is 0.0884.